The number of benzene rings is 1. The normalized spacial score (nSPS) is 25.1. The molecule has 0 N–H and O–H groups in total. The fraction of sp³-hybridized carbons (Fsp3) is 0.500. The zero-order chi connectivity index (χ0) is 13.9. The quantitative estimate of drug-likeness (QED) is 0.787. The van der Waals surface area contributed by atoms with Gasteiger partial charge in [0.05, 0.1) is 11.5 Å². The second kappa shape index (κ2) is 5.74. The van der Waals surface area contributed by atoms with Crippen molar-refractivity contribution < 1.29 is 17.9 Å². The molecule has 0 spiro atoms. The molecule has 1 aromatic rings. The predicted octanol–water partition coefficient (Wildman–Crippen LogP) is 1.60. The molecule has 0 bridgehead atoms. The number of hydrogen-bond donors (Lipinski definition) is 0. The number of hydrogen-bond acceptors (Lipinski definition) is 4. The lowest BCUT2D eigenvalue weighted by molar-refractivity contribution is -0.149. The summed E-state index contributed by atoms with van der Waals surface area (Å²) < 4.78 is 28.1. The topological polar surface area (TPSA) is 60.4 Å². The summed E-state index contributed by atoms with van der Waals surface area (Å²) in [5, 5.41) is 0. The molecule has 0 saturated carbocycles. The Hall–Kier alpha value is -1.36. The maximum atomic E-state index is 11.7. The molecule has 1 aliphatic rings. The second-order valence-corrected chi connectivity index (χ2v) is 7.22. The van der Waals surface area contributed by atoms with Gasteiger partial charge in [-0.3, -0.25) is 4.79 Å². The average Bonchev–Trinajstić information content (AvgIpc) is 2.61. The highest BCUT2D eigenvalue weighted by molar-refractivity contribution is 7.91. The molecule has 2 atom stereocenters. The van der Waals surface area contributed by atoms with Gasteiger partial charge in [-0.1, -0.05) is 37.3 Å². The number of rotatable bonds is 4. The van der Waals surface area contributed by atoms with Crippen LogP contribution in [0, 0.1) is 5.92 Å². The minimum absolute atomic E-state index is 0.0365. The van der Waals surface area contributed by atoms with Crippen LogP contribution < -0.4 is 0 Å². The molecule has 2 unspecified atom stereocenters. The van der Waals surface area contributed by atoms with Crippen molar-refractivity contribution in [3.05, 3.63) is 35.9 Å². The fourth-order valence-electron chi connectivity index (χ4n) is 2.26. The van der Waals surface area contributed by atoms with Gasteiger partial charge in [-0.05, 0) is 12.0 Å². The summed E-state index contributed by atoms with van der Waals surface area (Å²) in [4.78, 5) is 11.7. The van der Waals surface area contributed by atoms with E-state index in [0.29, 0.717) is 6.42 Å². The van der Waals surface area contributed by atoms with E-state index < -0.39 is 15.9 Å². The second-order valence-electron chi connectivity index (χ2n) is 5.07. The number of ether oxygens (including phenoxy) is 1. The van der Waals surface area contributed by atoms with E-state index in [9.17, 15) is 13.2 Å². The lowest BCUT2D eigenvalue weighted by Gasteiger charge is -2.14. The van der Waals surface area contributed by atoms with E-state index in [1.165, 1.54) is 0 Å². The van der Waals surface area contributed by atoms with E-state index in [-0.39, 0.29) is 29.8 Å². The van der Waals surface area contributed by atoms with Crippen LogP contribution in [-0.2, 0) is 25.8 Å². The molecule has 1 aliphatic heterocycles. The van der Waals surface area contributed by atoms with E-state index in [4.69, 9.17) is 4.74 Å². The van der Waals surface area contributed by atoms with Gasteiger partial charge in [-0.15, -0.1) is 0 Å². The summed E-state index contributed by atoms with van der Waals surface area (Å²) in [5.74, 6) is -0.349. The maximum absolute atomic E-state index is 11.7. The van der Waals surface area contributed by atoms with E-state index in [2.05, 4.69) is 0 Å². The third kappa shape index (κ3) is 4.06. The summed E-state index contributed by atoms with van der Waals surface area (Å²) in [6, 6.07) is 9.68. The SMILES string of the molecule is CC1CS(=O)(=O)CC1OC(=O)CCc1ccccc1. The van der Waals surface area contributed by atoms with Crippen molar-refractivity contribution in [2.24, 2.45) is 5.92 Å². The van der Waals surface area contributed by atoms with Crippen LogP contribution in [0.15, 0.2) is 30.3 Å². The molecule has 1 aromatic carbocycles. The van der Waals surface area contributed by atoms with Crippen molar-refractivity contribution in [1.82, 2.24) is 0 Å². The Morgan fingerprint density at radius 3 is 2.53 bits per heavy atom. The van der Waals surface area contributed by atoms with Crippen molar-refractivity contribution in [1.29, 1.82) is 0 Å². The van der Waals surface area contributed by atoms with Crippen LogP contribution >= 0.6 is 0 Å². The zero-order valence-electron chi connectivity index (χ0n) is 10.9. The van der Waals surface area contributed by atoms with Gasteiger partial charge < -0.3 is 4.74 Å². The molecular weight excluding hydrogens is 264 g/mol. The zero-order valence-corrected chi connectivity index (χ0v) is 11.7. The largest absolute Gasteiger partial charge is 0.461 e. The number of sulfone groups is 1. The first-order valence-corrected chi connectivity index (χ1v) is 8.22. The van der Waals surface area contributed by atoms with Crippen molar-refractivity contribution in [2.75, 3.05) is 11.5 Å². The monoisotopic (exact) mass is 282 g/mol. The van der Waals surface area contributed by atoms with Gasteiger partial charge in [0.1, 0.15) is 6.10 Å². The molecule has 1 fully saturated rings. The third-order valence-electron chi connectivity index (χ3n) is 3.31. The number of carbonyl (C=O) groups excluding carboxylic acids is 1. The average molecular weight is 282 g/mol. The minimum atomic E-state index is -3.03. The number of aryl methyl sites for hydroxylation is 1. The minimum Gasteiger partial charge on any atom is -0.461 e. The molecular formula is C14H18O4S. The first-order chi connectivity index (χ1) is 8.96. The van der Waals surface area contributed by atoms with E-state index in [1.54, 1.807) is 6.92 Å². The first kappa shape index (κ1) is 14.1. The molecule has 0 aromatic heterocycles. The molecule has 0 aliphatic carbocycles. The van der Waals surface area contributed by atoms with Crippen molar-refractivity contribution in [3.8, 4) is 0 Å². The lowest BCUT2D eigenvalue weighted by atomic mass is 10.1. The summed E-state index contributed by atoms with van der Waals surface area (Å²) in [5.41, 5.74) is 1.08. The Kier molecular flexibility index (Phi) is 4.24. The van der Waals surface area contributed by atoms with Gasteiger partial charge in [0.2, 0.25) is 0 Å². The van der Waals surface area contributed by atoms with Crippen LogP contribution in [-0.4, -0.2) is 32.0 Å². The van der Waals surface area contributed by atoms with Crippen LogP contribution in [0.2, 0.25) is 0 Å². The van der Waals surface area contributed by atoms with E-state index in [0.717, 1.165) is 5.56 Å². The van der Waals surface area contributed by atoms with Gasteiger partial charge in [-0.2, -0.15) is 0 Å². The highest BCUT2D eigenvalue weighted by Crippen LogP contribution is 2.22. The summed E-state index contributed by atoms with van der Waals surface area (Å²) >= 11 is 0. The number of carbonyl (C=O) groups is 1. The third-order valence-corrected chi connectivity index (χ3v) is 5.18. The molecule has 1 saturated heterocycles. The molecule has 19 heavy (non-hydrogen) atoms. The van der Waals surface area contributed by atoms with Gasteiger partial charge in [0.15, 0.2) is 9.84 Å². The lowest BCUT2D eigenvalue weighted by Crippen LogP contribution is -2.24. The molecule has 0 radical (unpaired) electrons. The molecule has 4 nitrogen and oxygen atoms in total. The smallest absolute Gasteiger partial charge is 0.306 e. The Morgan fingerprint density at radius 2 is 1.95 bits per heavy atom. The summed E-state index contributed by atoms with van der Waals surface area (Å²) in [7, 11) is -3.03. The Morgan fingerprint density at radius 1 is 1.26 bits per heavy atom. The Balaban J connectivity index is 1.82. The Labute approximate surface area is 113 Å². The van der Waals surface area contributed by atoms with E-state index in [1.807, 2.05) is 30.3 Å². The van der Waals surface area contributed by atoms with Crippen LogP contribution in [0.1, 0.15) is 18.9 Å². The standard InChI is InChI=1S/C14H18O4S/c1-11-9-19(16,17)10-13(11)18-14(15)8-7-12-5-3-2-4-6-12/h2-6,11,13H,7-10H2,1H3. The molecule has 5 heteroatoms. The van der Waals surface area contributed by atoms with Crippen LogP contribution in [0.25, 0.3) is 0 Å². The van der Waals surface area contributed by atoms with Crippen molar-refractivity contribution in [2.45, 2.75) is 25.9 Å². The maximum Gasteiger partial charge on any atom is 0.306 e. The molecule has 1 heterocycles. The van der Waals surface area contributed by atoms with Crippen LogP contribution in [0.3, 0.4) is 0 Å². The molecule has 0 amide bonds. The van der Waals surface area contributed by atoms with Crippen molar-refractivity contribution in [3.63, 3.8) is 0 Å². The summed E-state index contributed by atoms with van der Waals surface area (Å²) in [6.07, 6.45) is 0.425. The first-order valence-electron chi connectivity index (χ1n) is 6.40. The predicted molar refractivity (Wildman–Crippen MR) is 72.5 cm³/mol. The highest BCUT2D eigenvalue weighted by atomic mass is 32.2. The fourth-order valence-corrected chi connectivity index (χ4v) is 4.31. The van der Waals surface area contributed by atoms with Crippen molar-refractivity contribution >= 4 is 15.8 Å². The van der Waals surface area contributed by atoms with E-state index >= 15 is 0 Å². The van der Waals surface area contributed by atoms with Gasteiger partial charge in [0.25, 0.3) is 0 Å². The summed E-state index contributed by atoms with van der Waals surface area (Å²) in [6.45, 7) is 1.81. The van der Waals surface area contributed by atoms with Gasteiger partial charge in [-0.25, -0.2) is 8.42 Å². The number of esters is 1. The van der Waals surface area contributed by atoms with Crippen LogP contribution in [0.4, 0.5) is 0 Å². The van der Waals surface area contributed by atoms with Gasteiger partial charge >= 0.3 is 5.97 Å². The van der Waals surface area contributed by atoms with Crippen LogP contribution in [0.5, 0.6) is 0 Å². The molecule has 2 rings (SSSR count). The van der Waals surface area contributed by atoms with Gasteiger partial charge in [0, 0.05) is 12.3 Å². The molecule has 104 valence electrons. The highest BCUT2D eigenvalue weighted by Gasteiger charge is 2.37. The Bertz CT molecular complexity index is 536.